The van der Waals surface area contributed by atoms with Gasteiger partial charge in [-0.15, -0.1) is 0 Å². The highest BCUT2D eigenvalue weighted by atomic mass is 16.6. The number of benzene rings is 1. The van der Waals surface area contributed by atoms with Crippen LogP contribution in [-0.2, 0) is 11.2 Å². The molecule has 0 aromatic heterocycles. The number of hydrogen-bond donors (Lipinski definition) is 1. The number of aryl methyl sites for hydroxylation is 2. The summed E-state index contributed by atoms with van der Waals surface area (Å²) in [6.07, 6.45) is 5.04. The molecule has 1 aliphatic carbocycles. The predicted octanol–water partition coefficient (Wildman–Crippen LogP) is 4.05. The van der Waals surface area contributed by atoms with Crippen molar-refractivity contribution in [1.82, 2.24) is 0 Å². The molecule has 0 radical (unpaired) electrons. The molecule has 0 bridgehead atoms. The number of nitrogens with one attached hydrogen (secondary N) is 1. The highest BCUT2D eigenvalue weighted by Crippen LogP contribution is 2.24. The maximum atomic E-state index is 11.9. The summed E-state index contributed by atoms with van der Waals surface area (Å²) >= 11 is 0. The second kappa shape index (κ2) is 5.89. The van der Waals surface area contributed by atoms with E-state index in [1.807, 2.05) is 25.1 Å². The van der Waals surface area contributed by atoms with Crippen LogP contribution in [0.5, 0.6) is 0 Å². The van der Waals surface area contributed by atoms with Gasteiger partial charge in [-0.3, -0.25) is 5.32 Å². The first-order chi connectivity index (χ1) is 8.70. The highest BCUT2D eigenvalue weighted by Gasteiger charge is 2.19. The van der Waals surface area contributed by atoms with E-state index in [1.165, 1.54) is 12.8 Å². The number of hydrogen-bond acceptors (Lipinski definition) is 2. The molecule has 1 saturated carbocycles. The molecule has 0 heterocycles. The number of ether oxygens (including phenoxy) is 1. The number of amides is 1. The van der Waals surface area contributed by atoms with Crippen LogP contribution in [0.3, 0.4) is 0 Å². The van der Waals surface area contributed by atoms with Gasteiger partial charge in [-0.1, -0.05) is 25.1 Å². The molecular weight excluding hydrogens is 226 g/mol. The number of carbonyl (C=O) groups excluding carboxylic acids is 1. The Balaban J connectivity index is 2.01. The fourth-order valence-electron chi connectivity index (χ4n) is 2.49. The summed E-state index contributed by atoms with van der Waals surface area (Å²) in [7, 11) is 0. The monoisotopic (exact) mass is 247 g/mol. The van der Waals surface area contributed by atoms with E-state index < -0.39 is 0 Å². The number of anilines is 1. The van der Waals surface area contributed by atoms with Crippen molar-refractivity contribution in [3.63, 3.8) is 0 Å². The molecule has 1 aliphatic rings. The average molecular weight is 247 g/mol. The van der Waals surface area contributed by atoms with Crippen LogP contribution in [0.2, 0.25) is 0 Å². The Labute approximate surface area is 109 Å². The zero-order chi connectivity index (χ0) is 13.0. The van der Waals surface area contributed by atoms with Crippen LogP contribution in [0.4, 0.5) is 10.5 Å². The lowest BCUT2D eigenvalue weighted by Gasteiger charge is -2.15. The zero-order valence-corrected chi connectivity index (χ0v) is 11.2. The minimum Gasteiger partial charge on any atom is -0.446 e. The molecule has 98 valence electrons. The summed E-state index contributed by atoms with van der Waals surface area (Å²) < 4.78 is 5.42. The first-order valence-corrected chi connectivity index (χ1v) is 6.77. The minimum absolute atomic E-state index is 0.110. The Bertz CT molecular complexity index is 423. The van der Waals surface area contributed by atoms with Crippen molar-refractivity contribution >= 4 is 11.8 Å². The molecule has 0 spiro atoms. The van der Waals surface area contributed by atoms with Gasteiger partial charge in [0.1, 0.15) is 6.10 Å². The van der Waals surface area contributed by atoms with Crippen molar-refractivity contribution in [3.8, 4) is 0 Å². The van der Waals surface area contributed by atoms with Crippen LogP contribution in [0.25, 0.3) is 0 Å². The van der Waals surface area contributed by atoms with Crippen molar-refractivity contribution in [2.24, 2.45) is 0 Å². The summed E-state index contributed by atoms with van der Waals surface area (Å²) in [5.74, 6) is 0. The van der Waals surface area contributed by atoms with E-state index in [0.29, 0.717) is 0 Å². The van der Waals surface area contributed by atoms with Crippen LogP contribution < -0.4 is 5.32 Å². The van der Waals surface area contributed by atoms with Crippen LogP contribution in [0.15, 0.2) is 18.2 Å². The van der Waals surface area contributed by atoms with Crippen LogP contribution >= 0.6 is 0 Å². The molecule has 1 amide bonds. The number of rotatable bonds is 3. The van der Waals surface area contributed by atoms with Crippen molar-refractivity contribution in [2.45, 2.75) is 52.1 Å². The molecule has 1 N–H and O–H groups in total. The van der Waals surface area contributed by atoms with Gasteiger partial charge in [0.2, 0.25) is 0 Å². The van der Waals surface area contributed by atoms with Gasteiger partial charge < -0.3 is 4.74 Å². The third kappa shape index (κ3) is 3.03. The number of carbonyl (C=O) groups is 1. The first kappa shape index (κ1) is 12.9. The van der Waals surface area contributed by atoms with Crippen LogP contribution in [0.1, 0.15) is 43.7 Å². The van der Waals surface area contributed by atoms with E-state index in [4.69, 9.17) is 4.74 Å². The molecule has 0 saturated heterocycles. The molecular formula is C15H21NO2. The summed E-state index contributed by atoms with van der Waals surface area (Å²) in [6.45, 7) is 4.09. The predicted molar refractivity (Wildman–Crippen MR) is 72.9 cm³/mol. The Kier molecular flexibility index (Phi) is 4.24. The van der Waals surface area contributed by atoms with Gasteiger partial charge >= 0.3 is 6.09 Å². The quantitative estimate of drug-likeness (QED) is 0.875. The summed E-state index contributed by atoms with van der Waals surface area (Å²) in [5.41, 5.74) is 3.14. The van der Waals surface area contributed by atoms with Gasteiger partial charge in [-0.25, -0.2) is 4.79 Å². The third-order valence-corrected chi connectivity index (χ3v) is 3.54. The molecule has 0 aliphatic heterocycles. The molecule has 0 atom stereocenters. The normalized spacial score (nSPS) is 15.7. The summed E-state index contributed by atoms with van der Waals surface area (Å²) in [5, 5.41) is 2.90. The van der Waals surface area contributed by atoms with E-state index in [1.54, 1.807) is 0 Å². The lowest BCUT2D eigenvalue weighted by atomic mass is 10.1. The summed E-state index contributed by atoms with van der Waals surface area (Å²) in [6, 6.07) is 6.06. The maximum absolute atomic E-state index is 11.9. The minimum atomic E-state index is -0.314. The van der Waals surface area contributed by atoms with E-state index >= 15 is 0 Å². The largest absolute Gasteiger partial charge is 0.446 e. The van der Waals surface area contributed by atoms with Gasteiger partial charge in [0.05, 0.1) is 5.69 Å². The molecule has 1 aromatic carbocycles. The second-order valence-corrected chi connectivity index (χ2v) is 4.90. The van der Waals surface area contributed by atoms with Gasteiger partial charge in [0.25, 0.3) is 0 Å². The molecule has 2 rings (SSSR count). The fraction of sp³-hybridized carbons (Fsp3) is 0.533. The van der Waals surface area contributed by atoms with Gasteiger partial charge in [0, 0.05) is 0 Å². The molecule has 0 unspecified atom stereocenters. The molecule has 18 heavy (non-hydrogen) atoms. The van der Waals surface area contributed by atoms with E-state index in [-0.39, 0.29) is 12.2 Å². The first-order valence-electron chi connectivity index (χ1n) is 6.77. The van der Waals surface area contributed by atoms with Gasteiger partial charge in [-0.2, -0.15) is 0 Å². The van der Waals surface area contributed by atoms with Crippen molar-refractivity contribution < 1.29 is 9.53 Å². The standard InChI is InChI=1S/C15H21NO2/c1-3-12-8-6-7-11(2)14(12)16-15(17)18-13-9-4-5-10-13/h6-8,13H,3-5,9-10H2,1-2H3,(H,16,17). The van der Waals surface area contributed by atoms with Crippen molar-refractivity contribution in [2.75, 3.05) is 5.32 Å². The Morgan fingerprint density at radius 1 is 1.39 bits per heavy atom. The average Bonchev–Trinajstić information content (AvgIpc) is 2.84. The van der Waals surface area contributed by atoms with Crippen molar-refractivity contribution in [1.29, 1.82) is 0 Å². The zero-order valence-electron chi connectivity index (χ0n) is 11.2. The van der Waals surface area contributed by atoms with Crippen LogP contribution in [-0.4, -0.2) is 12.2 Å². The van der Waals surface area contributed by atoms with E-state index in [2.05, 4.69) is 12.2 Å². The second-order valence-electron chi connectivity index (χ2n) is 4.90. The lowest BCUT2D eigenvalue weighted by molar-refractivity contribution is 0.114. The summed E-state index contributed by atoms with van der Waals surface area (Å²) in [4.78, 5) is 11.9. The van der Waals surface area contributed by atoms with E-state index in [9.17, 15) is 4.79 Å². The highest BCUT2D eigenvalue weighted by molar-refractivity contribution is 5.87. The van der Waals surface area contributed by atoms with Gasteiger partial charge in [0.15, 0.2) is 0 Å². The van der Waals surface area contributed by atoms with E-state index in [0.717, 1.165) is 36.1 Å². The molecule has 1 aromatic rings. The molecule has 3 nitrogen and oxygen atoms in total. The Morgan fingerprint density at radius 2 is 2.11 bits per heavy atom. The fourth-order valence-corrected chi connectivity index (χ4v) is 2.49. The number of para-hydroxylation sites is 1. The molecule has 1 fully saturated rings. The smallest absolute Gasteiger partial charge is 0.411 e. The van der Waals surface area contributed by atoms with Crippen LogP contribution in [0, 0.1) is 6.92 Å². The lowest BCUT2D eigenvalue weighted by Crippen LogP contribution is -2.21. The maximum Gasteiger partial charge on any atom is 0.411 e. The van der Waals surface area contributed by atoms with Gasteiger partial charge in [-0.05, 0) is 50.2 Å². The Hall–Kier alpha value is -1.51. The topological polar surface area (TPSA) is 38.3 Å². The van der Waals surface area contributed by atoms with Crippen molar-refractivity contribution in [3.05, 3.63) is 29.3 Å². The SMILES string of the molecule is CCc1cccc(C)c1NC(=O)OC1CCCC1. The molecule has 3 heteroatoms. The third-order valence-electron chi connectivity index (χ3n) is 3.54. The Morgan fingerprint density at radius 3 is 2.78 bits per heavy atom.